The topological polar surface area (TPSA) is 122 Å². The minimum atomic E-state index is -1.38. The number of nitro benzene ring substituents is 1. The summed E-state index contributed by atoms with van der Waals surface area (Å²) in [6.07, 6.45) is -0.635. The van der Waals surface area contributed by atoms with Crippen LogP contribution in [0, 0.1) is 10.1 Å². The SMILES string of the molecule is CC1=CC(c2cccc(Cl)c2)N(C(=O)Oc2ccc([N+](=O)[O-])cc2)C(C(=O)O)N1. The molecule has 29 heavy (non-hydrogen) atoms. The fourth-order valence-corrected chi connectivity index (χ4v) is 3.15. The van der Waals surface area contributed by atoms with E-state index in [4.69, 9.17) is 16.3 Å². The van der Waals surface area contributed by atoms with Gasteiger partial charge in [0.2, 0.25) is 6.17 Å². The molecule has 0 fully saturated rings. The molecule has 1 aliphatic heterocycles. The van der Waals surface area contributed by atoms with Gasteiger partial charge in [0.25, 0.3) is 5.69 Å². The van der Waals surface area contributed by atoms with Crippen LogP contribution >= 0.6 is 11.6 Å². The summed E-state index contributed by atoms with van der Waals surface area (Å²) in [6.45, 7) is 1.69. The molecule has 2 N–H and O–H groups in total. The summed E-state index contributed by atoms with van der Waals surface area (Å²) in [5.41, 5.74) is 1.01. The lowest BCUT2D eigenvalue weighted by Gasteiger charge is -2.38. The number of halogens is 1. The lowest BCUT2D eigenvalue weighted by Crippen LogP contribution is -2.57. The lowest BCUT2D eigenvalue weighted by atomic mass is 10.0. The van der Waals surface area contributed by atoms with E-state index in [2.05, 4.69) is 5.32 Å². The molecule has 10 heteroatoms. The summed E-state index contributed by atoms with van der Waals surface area (Å²) in [5, 5.41) is 23.5. The van der Waals surface area contributed by atoms with Gasteiger partial charge in [0, 0.05) is 22.9 Å². The lowest BCUT2D eigenvalue weighted by molar-refractivity contribution is -0.384. The minimum absolute atomic E-state index is 0.0425. The van der Waals surface area contributed by atoms with Gasteiger partial charge in [0.1, 0.15) is 5.75 Å². The number of carbonyl (C=O) groups excluding carboxylic acids is 1. The molecule has 0 radical (unpaired) electrons. The van der Waals surface area contributed by atoms with Crippen molar-refractivity contribution < 1.29 is 24.4 Å². The molecular weight excluding hydrogens is 402 g/mol. The van der Waals surface area contributed by atoms with Crippen LogP contribution in [-0.4, -0.2) is 33.2 Å². The Morgan fingerprint density at radius 2 is 1.93 bits per heavy atom. The highest BCUT2D eigenvalue weighted by atomic mass is 35.5. The number of nitrogens with zero attached hydrogens (tertiary/aromatic N) is 2. The van der Waals surface area contributed by atoms with Gasteiger partial charge in [-0.25, -0.2) is 9.59 Å². The number of ether oxygens (including phenoxy) is 1. The van der Waals surface area contributed by atoms with Crippen molar-refractivity contribution in [2.24, 2.45) is 0 Å². The molecule has 3 rings (SSSR count). The molecule has 2 atom stereocenters. The van der Waals surface area contributed by atoms with Crippen molar-refractivity contribution >= 4 is 29.4 Å². The van der Waals surface area contributed by atoms with Crippen LogP contribution in [0.4, 0.5) is 10.5 Å². The van der Waals surface area contributed by atoms with Crippen LogP contribution < -0.4 is 10.1 Å². The molecule has 0 bridgehead atoms. The molecule has 9 nitrogen and oxygen atoms in total. The quantitative estimate of drug-likeness (QED) is 0.574. The monoisotopic (exact) mass is 417 g/mol. The number of carbonyl (C=O) groups is 2. The maximum atomic E-state index is 12.9. The molecule has 2 aromatic rings. The number of nitrogens with one attached hydrogen (secondary N) is 1. The summed E-state index contributed by atoms with van der Waals surface area (Å²) in [4.78, 5) is 35.9. The Labute approximate surface area is 170 Å². The zero-order valence-corrected chi connectivity index (χ0v) is 15.9. The van der Waals surface area contributed by atoms with Gasteiger partial charge in [0.15, 0.2) is 0 Å². The summed E-state index contributed by atoms with van der Waals surface area (Å²) in [6, 6.07) is 10.9. The Morgan fingerprint density at radius 3 is 2.52 bits per heavy atom. The summed E-state index contributed by atoms with van der Waals surface area (Å²) >= 11 is 6.05. The van der Waals surface area contributed by atoms with Crippen LogP contribution in [0.2, 0.25) is 5.02 Å². The highest BCUT2D eigenvalue weighted by molar-refractivity contribution is 6.30. The standard InChI is InChI=1S/C19H16ClN3O6/c1-11-9-16(12-3-2-4-13(20)10-12)22(17(21-11)18(24)25)19(26)29-15-7-5-14(6-8-15)23(27)28/h2-10,16-17,21H,1H3,(H,24,25). The predicted molar refractivity (Wildman–Crippen MR) is 103 cm³/mol. The Bertz CT molecular complexity index is 992. The summed E-state index contributed by atoms with van der Waals surface area (Å²) in [7, 11) is 0. The zero-order chi connectivity index (χ0) is 21.1. The number of carboxylic acid groups (broad SMARTS) is 1. The number of aliphatic carboxylic acids is 1. The van der Waals surface area contributed by atoms with E-state index in [0.29, 0.717) is 16.3 Å². The second kappa shape index (κ2) is 8.19. The molecule has 0 aliphatic carbocycles. The predicted octanol–water partition coefficient (Wildman–Crippen LogP) is 3.71. The number of carboxylic acids is 1. The van der Waals surface area contributed by atoms with E-state index in [1.165, 1.54) is 24.3 Å². The third-order valence-corrected chi connectivity index (χ3v) is 4.47. The fourth-order valence-electron chi connectivity index (χ4n) is 2.95. The number of hydrogen-bond acceptors (Lipinski definition) is 6. The Balaban J connectivity index is 1.95. The first-order valence-corrected chi connectivity index (χ1v) is 8.82. The van der Waals surface area contributed by atoms with E-state index < -0.39 is 29.2 Å². The second-order valence-corrected chi connectivity index (χ2v) is 6.70. The highest BCUT2D eigenvalue weighted by Crippen LogP contribution is 2.31. The van der Waals surface area contributed by atoms with E-state index in [-0.39, 0.29) is 11.4 Å². The normalized spacial score (nSPS) is 18.4. The van der Waals surface area contributed by atoms with Gasteiger partial charge in [-0.15, -0.1) is 0 Å². The van der Waals surface area contributed by atoms with Gasteiger partial charge in [-0.2, -0.15) is 0 Å². The largest absolute Gasteiger partial charge is 0.478 e. The van der Waals surface area contributed by atoms with Crippen molar-refractivity contribution in [1.29, 1.82) is 0 Å². The van der Waals surface area contributed by atoms with Crippen LogP contribution in [0.5, 0.6) is 5.75 Å². The molecule has 0 aromatic heterocycles. The van der Waals surface area contributed by atoms with Crippen molar-refractivity contribution in [3.8, 4) is 5.75 Å². The number of non-ortho nitro benzene ring substituents is 1. The molecule has 1 heterocycles. The van der Waals surface area contributed by atoms with Crippen LogP contribution in [0.15, 0.2) is 60.3 Å². The average Bonchev–Trinajstić information content (AvgIpc) is 2.67. The molecule has 1 aliphatic rings. The van der Waals surface area contributed by atoms with Crippen molar-refractivity contribution in [3.05, 3.63) is 81.0 Å². The maximum Gasteiger partial charge on any atom is 0.418 e. The number of hydrogen-bond donors (Lipinski definition) is 2. The van der Waals surface area contributed by atoms with E-state index in [1.54, 1.807) is 37.3 Å². The van der Waals surface area contributed by atoms with Gasteiger partial charge in [-0.1, -0.05) is 23.7 Å². The molecule has 0 spiro atoms. The van der Waals surface area contributed by atoms with E-state index in [9.17, 15) is 24.8 Å². The number of rotatable bonds is 4. The number of allylic oxidation sites excluding steroid dienone is 1. The summed E-state index contributed by atoms with van der Waals surface area (Å²) < 4.78 is 5.29. The Kier molecular flexibility index (Phi) is 5.69. The zero-order valence-electron chi connectivity index (χ0n) is 15.1. The number of benzene rings is 2. The van der Waals surface area contributed by atoms with Crippen molar-refractivity contribution in [1.82, 2.24) is 10.2 Å². The van der Waals surface area contributed by atoms with Crippen molar-refractivity contribution in [2.45, 2.75) is 19.1 Å². The molecule has 0 saturated heterocycles. The molecule has 0 saturated carbocycles. The smallest absolute Gasteiger partial charge is 0.418 e. The molecular formula is C19H16ClN3O6. The van der Waals surface area contributed by atoms with Crippen molar-refractivity contribution in [3.63, 3.8) is 0 Å². The number of amides is 1. The van der Waals surface area contributed by atoms with Crippen LogP contribution in [0.3, 0.4) is 0 Å². The third kappa shape index (κ3) is 4.46. The molecule has 2 unspecified atom stereocenters. The van der Waals surface area contributed by atoms with Crippen LogP contribution in [0.1, 0.15) is 18.5 Å². The number of nitro groups is 1. The molecule has 150 valence electrons. The first kappa shape index (κ1) is 20.2. The van der Waals surface area contributed by atoms with E-state index in [0.717, 1.165) is 4.90 Å². The van der Waals surface area contributed by atoms with Crippen LogP contribution in [-0.2, 0) is 4.79 Å². The second-order valence-electron chi connectivity index (χ2n) is 6.26. The van der Waals surface area contributed by atoms with Crippen LogP contribution in [0.25, 0.3) is 0 Å². The first-order valence-electron chi connectivity index (χ1n) is 8.44. The van der Waals surface area contributed by atoms with Gasteiger partial charge in [-0.3, -0.25) is 15.0 Å². The van der Waals surface area contributed by atoms with Gasteiger partial charge < -0.3 is 15.2 Å². The third-order valence-electron chi connectivity index (χ3n) is 4.24. The first-order chi connectivity index (χ1) is 13.8. The minimum Gasteiger partial charge on any atom is -0.478 e. The Hall–Kier alpha value is -3.59. The maximum absolute atomic E-state index is 12.9. The van der Waals surface area contributed by atoms with Gasteiger partial charge in [-0.05, 0) is 42.8 Å². The van der Waals surface area contributed by atoms with E-state index >= 15 is 0 Å². The van der Waals surface area contributed by atoms with Gasteiger partial charge >= 0.3 is 12.1 Å². The highest BCUT2D eigenvalue weighted by Gasteiger charge is 2.39. The van der Waals surface area contributed by atoms with Crippen molar-refractivity contribution in [2.75, 3.05) is 0 Å². The fraction of sp³-hybridized carbons (Fsp3) is 0.158. The molecule has 1 amide bonds. The van der Waals surface area contributed by atoms with E-state index in [1.807, 2.05) is 0 Å². The average molecular weight is 418 g/mol. The van der Waals surface area contributed by atoms with Gasteiger partial charge in [0.05, 0.1) is 11.0 Å². The summed E-state index contributed by atoms with van der Waals surface area (Å²) in [5.74, 6) is -1.23. The molecule has 2 aromatic carbocycles. The Morgan fingerprint density at radius 1 is 1.24 bits per heavy atom.